The highest BCUT2D eigenvalue weighted by Crippen LogP contribution is 2.20. The summed E-state index contributed by atoms with van der Waals surface area (Å²) in [6.07, 6.45) is 0. The third kappa shape index (κ3) is 3.20. The quantitative estimate of drug-likeness (QED) is 0.880. The lowest BCUT2D eigenvalue weighted by atomic mass is 10.1. The van der Waals surface area contributed by atoms with E-state index >= 15 is 0 Å². The Bertz CT molecular complexity index is 482. The Labute approximate surface area is 106 Å². The molecule has 0 saturated heterocycles. The largest absolute Gasteiger partial charge is 0.373 e. The lowest BCUT2D eigenvalue weighted by molar-refractivity contribution is -0.123. The summed E-state index contributed by atoms with van der Waals surface area (Å²) in [5.74, 6) is -0.720. The van der Waals surface area contributed by atoms with Crippen LogP contribution in [0.4, 0.5) is 10.1 Å². The summed E-state index contributed by atoms with van der Waals surface area (Å²) in [6, 6.07) is 5.99. The SMILES string of the molecule is CNC(=O)C(C)CN(C)c1ccc(F)cc1C#N. The van der Waals surface area contributed by atoms with Crippen LogP contribution in [0.25, 0.3) is 0 Å². The average Bonchev–Trinajstić information content (AvgIpc) is 2.37. The Morgan fingerprint density at radius 1 is 1.61 bits per heavy atom. The maximum Gasteiger partial charge on any atom is 0.224 e. The van der Waals surface area contributed by atoms with Crippen molar-refractivity contribution in [3.63, 3.8) is 0 Å². The molecule has 0 radical (unpaired) electrons. The minimum absolute atomic E-state index is 0.0672. The van der Waals surface area contributed by atoms with Gasteiger partial charge in [0.05, 0.1) is 17.2 Å². The maximum absolute atomic E-state index is 13.0. The van der Waals surface area contributed by atoms with Gasteiger partial charge in [-0.25, -0.2) is 4.39 Å². The van der Waals surface area contributed by atoms with E-state index in [1.54, 1.807) is 32.0 Å². The fraction of sp³-hybridized carbons (Fsp3) is 0.385. The minimum Gasteiger partial charge on any atom is -0.373 e. The molecule has 0 heterocycles. The standard InChI is InChI=1S/C13H16FN3O/c1-9(13(18)16-2)8-17(3)12-5-4-11(14)6-10(12)7-15/h4-6,9H,8H2,1-3H3,(H,16,18). The second kappa shape index (κ2) is 6.01. The highest BCUT2D eigenvalue weighted by Gasteiger charge is 2.16. The van der Waals surface area contributed by atoms with Crippen molar-refractivity contribution in [3.8, 4) is 6.07 Å². The molecule has 0 aliphatic heterocycles. The van der Waals surface area contributed by atoms with Gasteiger partial charge < -0.3 is 10.2 Å². The molecule has 0 aliphatic rings. The van der Waals surface area contributed by atoms with Crippen molar-refractivity contribution in [1.29, 1.82) is 5.26 Å². The Kier molecular flexibility index (Phi) is 4.67. The van der Waals surface area contributed by atoms with Crippen molar-refractivity contribution in [2.45, 2.75) is 6.92 Å². The van der Waals surface area contributed by atoms with Gasteiger partial charge in [-0.05, 0) is 18.2 Å². The van der Waals surface area contributed by atoms with E-state index in [0.29, 0.717) is 12.2 Å². The number of carbonyl (C=O) groups is 1. The number of carbonyl (C=O) groups excluding carboxylic acids is 1. The first-order valence-corrected chi connectivity index (χ1v) is 5.62. The minimum atomic E-state index is -0.442. The van der Waals surface area contributed by atoms with Crippen molar-refractivity contribution in [3.05, 3.63) is 29.6 Å². The lowest BCUT2D eigenvalue weighted by Gasteiger charge is -2.23. The predicted octanol–water partition coefficient (Wildman–Crippen LogP) is 1.52. The first-order valence-electron chi connectivity index (χ1n) is 5.62. The molecule has 96 valence electrons. The Morgan fingerprint density at radius 3 is 2.83 bits per heavy atom. The number of halogens is 1. The maximum atomic E-state index is 13.0. The van der Waals surface area contributed by atoms with Crippen molar-refractivity contribution >= 4 is 11.6 Å². The summed E-state index contributed by atoms with van der Waals surface area (Å²) in [7, 11) is 3.35. The van der Waals surface area contributed by atoms with Gasteiger partial charge in [0.15, 0.2) is 0 Å². The molecule has 1 N–H and O–H groups in total. The zero-order valence-electron chi connectivity index (χ0n) is 10.7. The Balaban J connectivity index is 2.88. The van der Waals surface area contributed by atoms with E-state index in [4.69, 9.17) is 5.26 Å². The van der Waals surface area contributed by atoms with Gasteiger partial charge in [-0.3, -0.25) is 4.79 Å². The van der Waals surface area contributed by atoms with E-state index in [1.165, 1.54) is 12.1 Å². The molecule has 4 nitrogen and oxygen atoms in total. The van der Waals surface area contributed by atoms with Crippen molar-refractivity contribution < 1.29 is 9.18 Å². The molecule has 0 fully saturated rings. The average molecular weight is 249 g/mol. The molecule has 0 spiro atoms. The first kappa shape index (κ1) is 14.0. The number of amides is 1. The summed E-state index contributed by atoms with van der Waals surface area (Å²) in [6.45, 7) is 2.25. The summed E-state index contributed by atoms with van der Waals surface area (Å²) in [5, 5.41) is 11.5. The fourth-order valence-electron chi connectivity index (χ4n) is 1.77. The van der Waals surface area contributed by atoms with Crippen molar-refractivity contribution in [1.82, 2.24) is 5.32 Å². The summed E-state index contributed by atoms with van der Waals surface area (Å²) in [4.78, 5) is 13.2. The molecular weight excluding hydrogens is 233 g/mol. The molecule has 18 heavy (non-hydrogen) atoms. The highest BCUT2D eigenvalue weighted by molar-refractivity contribution is 5.78. The van der Waals surface area contributed by atoms with Crippen LogP contribution >= 0.6 is 0 Å². The van der Waals surface area contributed by atoms with Crippen LogP contribution in [-0.4, -0.2) is 26.5 Å². The lowest BCUT2D eigenvalue weighted by Crippen LogP contribution is -2.34. The molecule has 1 unspecified atom stereocenters. The molecule has 0 aromatic heterocycles. The molecule has 0 bridgehead atoms. The third-order valence-electron chi connectivity index (χ3n) is 2.73. The number of anilines is 1. The number of nitrogens with one attached hydrogen (secondary N) is 1. The molecule has 1 amide bonds. The van der Waals surface area contributed by atoms with Crippen LogP contribution in [0.2, 0.25) is 0 Å². The van der Waals surface area contributed by atoms with Gasteiger partial charge in [-0.15, -0.1) is 0 Å². The molecule has 1 rings (SSSR count). The number of rotatable bonds is 4. The van der Waals surface area contributed by atoms with Crippen LogP contribution in [0.1, 0.15) is 12.5 Å². The number of nitrogens with zero attached hydrogens (tertiary/aromatic N) is 2. The van der Waals surface area contributed by atoms with Gasteiger partial charge in [-0.1, -0.05) is 6.92 Å². The van der Waals surface area contributed by atoms with Crippen LogP contribution in [0, 0.1) is 23.1 Å². The van der Waals surface area contributed by atoms with Crippen LogP contribution in [0.5, 0.6) is 0 Å². The van der Waals surface area contributed by atoms with Gasteiger partial charge in [0.2, 0.25) is 5.91 Å². The summed E-state index contributed by atoms with van der Waals surface area (Å²) < 4.78 is 13.0. The van der Waals surface area contributed by atoms with E-state index in [2.05, 4.69) is 5.32 Å². The van der Waals surface area contributed by atoms with Gasteiger partial charge >= 0.3 is 0 Å². The smallest absolute Gasteiger partial charge is 0.224 e. The monoisotopic (exact) mass is 249 g/mol. The second-order valence-corrected chi connectivity index (χ2v) is 4.17. The number of nitriles is 1. The fourth-order valence-corrected chi connectivity index (χ4v) is 1.77. The van der Waals surface area contributed by atoms with Crippen LogP contribution in [0.3, 0.4) is 0 Å². The van der Waals surface area contributed by atoms with E-state index in [9.17, 15) is 9.18 Å². The van der Waals surface area contributed by atoms with Crippen LogP contribution in [-0.2, 0) is 4.79 Å². The predicted molar refractivity (Wildman–Crippen MR) is 67.6 cm³/mol. The van der Waals surface area contributed by atoms with Gasteiger partial charge in [-0.2, -0.15) is 5.26 Å². The molecule has 1 atom stereocenters. The number of hydrogen-bond donors (Lipinski definition) is 1. The molecule has 1 aromatic carbocycles. The highest BCUT2D eigenvalue weighted by atomic mass is 19.1. The van der Waals surface area contributed by atoms with Crippen molar-refractivity contribution in [2.24, 2.45) is 5.92 Å². The normalized spacial score (nSPS) is 11.5. The molecule has 5 heteroatoms. The zero-order chi connectivity index (χ0) is 13.7. The van der Waals surface area contributed by atoms with Crippen LogP contribution < -0.4 is 10.2 Å². The van der Waals surface area contributed by atoms with E-state index < -0.39 is 5.82 Å². The van der Waals surface area contributed by atoms with E-state index in [-0.39, 0.29) is 17.4 Å². The molecular formula is C13H16FN3O. The topological polar surface area (TPSA) is 56.1 Å². The zero-order valence-corrected chi connectivity index (χ0v) is 10.7. The van der Waals surface area contributed by atoms with E-state index in [1.807, 2.05) is 6.07 Å². The summed E-state index contributed by atoms with van der Waals surface area (Å²) >= 11 is 0. The Morgan fingerprint density at radius 2 is 2.28 bits per heavy atom. The molecule has 1 aromatic rings. The van der Waals surface area contributed by atoms with E-state index in [0.717, 1.165) is 0 Å². The first-order chi connectivity index (χ1) is 8.49. The molecule has 0 aliphatic carbocycles. The van der Waals surface area contributed by atoms with Crippen molar-refractivity contribution in [2.75, 3.05) is 25.5 Å². The second-order valence-electron chi connectivity index (χ2n) is 4.17. The van der Waals surface area contributed by atoms with Crippen LogP contribution in [0.15, 0.2) is 18.2 Å². The Hall–Kier alpha value is -2.09. The van der Waals surface area contributed by atoms with Gasteiger partial charge in [0, 0.05) is 20.6 Å². The van der Waals surface area contributed by atoms with Gasteiger partial charge in [0.1, 0.15) is 11.9 Å². The summed E-state index contributed by atoms with van der Waals surface area (Å²) in [5.41, 5.74) is 0.885. The molecule has 0 saturated carbocycles. The number of hydrogen-bond acceptors (Lipinski definition) is 3. The third-order valence-corrected chi connectivity index (χ3v) is 2.73. The number of benzene rings is 1. The van der Waals surface area contributed by atoms with Gasteiger partial charge in [0.25, 0.3) is 0 Å².